The number of hydrogen-bond donors (Lipinski definition) is 2. The second-order valence-corrected chi connectivity index (χ2v) is 6.16. The third kappa shape index (κ3) is 5.61. The molecule has 0 heterocycles. The normalized spacial score (nSPS) is 11.9. The average molecular weight is 342 g/mol. The van der Waals surface area contributed by atoms with Crippen LogP contribution in [0.1, 0.15) is 54.9 Å². The largest absolute Gasteiger partial charge is 0.507 e. The van der Waals surface area contributed by atoms with Crippen molar-refractivity contribution in [1.29, 1.82) is 0 Å². The number of phenolic OH excluding ortho intramolecular Hbond substituents is 1. The minimum atomic E-state index is -0.551. The molecule has 0 fully saturated rings. The van der Waals surface area contributed by atoms with Crippen LogP contribution in [0, 0.1) is 0 Å². The zero-order valence-corrected chi connectivity index (χ0v) is 14.6. The molecule has 0 aliphatic heterocycles. The van der Waals surface area contributed by atoms with Gasteiger partial charge < -0.3 is 14.9 Å². The lowest BCUT2D eigenvalue weighted by Crippen LogP contribution is -2.18. The number of carbonyl (C=O) groups is 1. The van der Waals surface area contributed by atoms with E-state index in [0.29, 0.717) is 17.7 Å². The zero-order chi connectivity index (χ0) is 18.1. The summed E-state index contributed by atoms with van der Waals surface area (Å²) < 4.78 is 5.69. The van der Waals surface area contributed by atoms with E-state index in [2.05, 4.69) is 6.92 Å². The van der Waals surface area contributed by atoms with Crippen LogP contribution in [-0.2, 0) is 0 Å². The maximum absolute atomic E-state index is 12.7. The molecule has 4 heteroatoms. The first-order valence-corrected chi connectivity index (χ1v) is 8.86. The summed E-state index contributed by atoms with van der Waals surface area (Å²) in [5, 5.41) is 19.9. The Hall–Kier alpha value is -2.33. The number of para-hydroxylation sites is 2. The summed E-state index contributed by atoms with van der Waals surface area (Å²) in [4.78, 5) is 12.7. The molecule has 25 heavy (non-hydrogen) atoms. The molecule has 2 N–H and O–H groups in total. The Kier molecular flexibility index (Phi) is 7.48. The Labute approximate surface area is 149 Å². The Balaban J connectivity index is 2.01. The maximum Gasteiger partial charge on any atom is 0.200 e. The molecule has 0 amide bonds. The van der Waals surface area contributed by atoms with Crippen molar-refractivity contribution in [1.82, 2.24) is 0 Å². The number of aliphatic hydroxyl groups excluding tert-OH is 1. The van der Waals surface area contributed by atoms with Gasteiger partial charge in [-0.05, 0) is 30.7 Å². The highest BCUT2D eigenvalue weighted by molar-refractivity contribution is 6.12. The molecule has 0 saturated carbocycles. The van der Waals surface area contributed by atoms with E-state index in [4.69, 9.17) is 4.74 Å². The van der Waals surface area contributed by atoms with Gasteiger partial charge >= 0.3 is 0 Å². The van der Waals surface area contributed by atoms with Crippen molar-refractivity contribution in [2.45, 2.75) is 45.1 Å². The Morgan fingerprint density at radius 1 is 1.00 bits per heavy atom. The van der Waals surface area contributed by atoms with Gasteiger partial charge in [0.2, 0.25) is 0 Å². The van der Waals surface area contributed by atoms with Crippen molar-refractivity contribution in [3.63, 3.8) is 0 Å². The fourth-order valence-corrected chi connectivity index (χ4v) is 2.67. The lowest BCUT2D eigenvalue weighted by atomic mass is 10.0. The van der Waals surface area contributed by atoms with E-state index in [1.165, 1.54) is 12.5 Å². The van der Waals surface area contributed by atoms with E-state index in [0.717, 1.165) is 19.3 Å². The van der Waals surface area contributed by atoms with Gasteiger partial charge in [-0.3, -0.25) is 4.79 Å². The third-order valence-electron chi connectivity index (χ3n) is 4.10. The number of benzene rings is 2. The number of rotatable bonds is 10. The fraction of sp³-hybridized carbons (Fsp3) is 0.381. The number of unbranched alkanes of at least 4 members (excludes halogenated alkanes) is 3. The first-order valence-electron chi connectivity index (χ1n) is 8.86. The topological polar surface area (TPSA) is 66.8 Å². The average Bonchev–Trinajstić information content (AvgIpc) is 2.63. The summed E-state index contributed by atoms with van der Waals surface area (Å²) >= 11 is 0. The second kappa shape index (κ2) is 9.84. The summed E-state index contributed by atoms with van der Waals surface area (Å²) in [6.45, 7) is 2.30. The number of ketones is 1. The summed E-state index contributed by atoms with van der Waals surface area (Å²) in [5.41, 5.74) is 0.612. The van der Waals surface area contributed by atoms with E-state index in [-0.39, 0.29) is 23.7 Å². The highest BCUT2D eigenvalue weighted by atomic mass is 16.5. The Morgan fingerprint density at radius 3 is 2.40 bits per heavy atom. The standard InChI is InChI=1S/C21H26O4/c1-2-3-4-5-10-16(22)15-25-20-14-9-7-12-18(20)21(24)17-11-6-8-13-19(17)23/h6-9,11-14,16,22-23H,2-5,10,15H2,1H3. The van der Waals surface area contributed by atoms with Gasteiger partial charge in [0, 0.05) is 0 Å². The number of ether oxygens (including phenoxy) is 1. The van der Waals surface area contributed by atoms with E-state index in [9.17, 15) is 15.0 Å². The molecule has 0 aliphatic carbocycles. The van der Waals surface area contributed by atoms with Crippen molar-refractivity contribution < 1.29 is 19.7 Å². The number of aromatic hydroxyl groups is 1. The first-order chi connectivity index (χ1) is 12.1. The van der Waals surface area contributed by atoms with Crippen molar-refractivity contribution in [3.8, 4) is 11.5 Å². The van der Waals surface area contributed by atoms with Crippen molar-refractivity contribution in [2.75, 3.05) is 6.61 Å². The molecule has 4 nitrogen and oxygen atoms in total. The van der Waals surface area contributed by atoms with Crippen LogP contribution in [0.4, 0.5) is 0 Å². The minimum Gasteiger partial charge on any atom is -0.507 e. The maximum atomic E-state index is 12.7. The molecule has 2 aromatic carbocycles. The lowest BCUT2D eigenvalue weighted by Gasteiger charge is -2.15. The molecule has 2 rings (SSSR count). The van der Waals surface area contributed by atoms with E-state index >= 15 is 0 Å². The lowest BCUT2D eigenvalue weighted by molar-refractivity contribution is 0.0939. The van der Waals surface area contributed by atoms with Gasteiger partial charge in [0.25, 0.3) is 0 Å². The predicted molar refractivity (Wildman–Crippen MR) is 98.2 cm³/mol. The third-order valence-corrected chi connectivity index (χ3v) is 4.10. The predicted octanol–water partition coefficient (Wildman–Crippen LogP) is 4.33. The summed E-state index contributed by atoms with van der Waals surface area (Å²) in [6.07, 6.45) is 4.55. The van der Waals surface area contributed by atoms with Gasteiger partial charge in [-0.2, -0.15) is 0 Å². The molecule has 134 valence electrons. The van der Waals surface area contributed by atoms with Crippen LogP contribution in [-0.4, -0.2) is 28.7 Å². The minimum absolute atomic E-state index is 0.0572. The molecule has 0 aliphatic rings. The molecule has 1 atom stereocenters. The summed E-state index contributed by atoms with van der Waals surface area (Å²) in [6, 6.07) is 13.3. The van der Waals surface area contributed by atoms with Gasteiger partial charge in [-0.25, -0.2) is 0 Å². The molecule has 0 radical (unpaired) electrons. The molecule has 0 bridgehead atoms. The molecular formula is C21H26O4. The van der Waals surface area contributed by atoms with Crippen LogP contribution >= 0.6 is 0 Å². The monoisotopic (exact) mass is 342 g/mol. The van der Waals surface area contributed by atoms with Crippen LogP contribution < -0.4 is 4.74 Å². The van der Waals surface area contributed by atoms with Gasteiger partial charge in [-0.15, -0.1) is 0 Å². The molecule has 0 spiro atoms. The molecule has 0 saturated heterocycles. The van der Waals surface area contributed by atoms with E-state index in [1.807, 2.05) is 0 Å². The van der Waals surface area contributed by atoms with Gasteiger partial charge in [-0.1, -0.05) is 56.9 Å². The Morgan fingerprint density at radius 2 is 1.68 bits per heavy atom. The molecule has 0 aromatic heterocycles. The quantitative estimate of drug-likeness (QED) is 0.498. The van der Waals surface area contributed by atoms with Crippen LogP contribution in [0.5, 0.6) is 11.5 Å². The number of phenols is 1. The SMILES string of the molecule is CCCCCCC(O)COc1ccccc1C(=O)c1ccccc1O. The summed E-state index contributed by atoms with van der Waals surface area (Å²) in [5.74, 6) is 0.0627. The van der Waals surface area contributed by atoms with Crippen LogP contribution in [0.15, 0.2) is 48.5 Å². The zero-order valence-electron chi connectivity index (χ0n) is 14.6. The van der Waals surface area contributed by atoms with E-state index in [1.54, 1.807) is 42.5 Å². The van der Waals surface area contributed by atoms with Gasteiger partial charge in [0.15, 0.2) is 5.78 Å². The molecular weight excluding hydrogens is 316 g/mol. The van der Waals surface area contributed by atoms with E-state index < -0.39 is 6.10 Å². The number of carbonyl (C=O) groups excluding carboxylic acids is 1. The highest BCUT2D eigenvalue weighted by Gasteiger charge is 2.17. The summed E-state index contributed by atoms with van der Waals surface area (Å²) in [7, 11) is 0. The van der Waals surface area contributed by atoms with Crippen LogP contribution in [0.2, 0.25) is 0 Å². The van der Waals surface area contributed by atoms with Crippen molar-refractivity contribution in [2.24, 2.45) is 0 Å². The van der Waals surface area contributed by atoms with Crippen LogP contribution in [0.25, 0.3) is 0 Å². The van der Waals surface area contributed by atoms with Gasteiger partial charge in [0.1, 0.15) is 18.1 Å². The smallest absolute Gasteiger partial charge is 0.200 e. The highest BCUT2D eigenvalue weighted by Crippen LogP contribution is 2.26. The molecule has 2 aromatic rings. The first kappa shape index (κ1) is 19.0. The van der Waals surface area contributed by atoms with Crippen molar-refractivity contribution in [3.05, 3.63) is 59.7 Å². The Bertz CT molecular complexity index is 681. The number of aliphatic hydroxyl groups is 1. The van der Waals surface area contributed by atoms with Crippen LogP contribution in [0.3, 0.4) is 0 Å². The molecule has 1 unspecified atom stereocenters. The van der Waals surface area contributed by atoms with Crippen molar-refractivity contribution >= 4 is 5.78 Å². The number of hydrogen-bond acceptors (Lipinski definition) is 4. The second-order valence-electron chi connectivity index (χ2n) is 6.16. The fourth-order valence-electron chi connectivity index (χ4n) is 2.67. The van der Waals surface area contributed by atoms with Gasteiger partial charge in [0.05, 0.1) is 17.2 Å².